The van der Waals surface area contributed by atoms with Crippen LogP contribution in [0, 0.1) is 0 Å². The molecule has 0 aliphatic rings. The first-order chi connectivity index (χ1) is 7.77. The summed E-state index contributed by atoms with van der Waals surface area (Å²) >= 11 is 5.91. The lowest BCUT2D eigenvalue weighted by atomic mass is 10.2. The number of hydrogen-bond acceptors (Lipinski definition) is 3. The van der Waals surface area contributed by atoms with Crippen molar-refractivity contribution in [3.05, 3.63) is 28.8 Å². The minimum absolute atomic E-state index is 0.206. The van der Waals surface area contributed by atoms with Gasteiger partial charge in [0.2, 0.25) is 10.0 Å². The zero-order valence-corrected chi connectivity index (χ0v) is 11.3. The number of sulfonamides is 1. The third kappa shape index (κ3) is 3.10. The highest BCUT2D eigenvalue weighted by atomic mass is 35.5. The summed E-state index contributed by atoms with van der Waals surface area (Å²) in [6, 6.07) is 4.45. The highest BCUT2D eigenvalue weighted by Gasteiger charge is 2.15. The van der Waals surface area contributed by atoms with Crippen molar-refractivity contribution in [1.82, 2.24) is 5.32 Å². The van der Waals surface area contributed by atoms with Crippen LogP contribution in [0.15, 0.2) is 18.2 Å². The molecule has 5 nitrogen and oxygen atoms in total. The number of benzene rings is 1. The maximum Gasteiger partial charge on any atom is 0.252 e. The molecule has 1 amide bonds. The van der Waals surface area contributed by atoms with E-state index in [1.165, 1.54) is 32.3 Å². The molecule has 1 aromatic rings. The molecule has 94 valence electrons. The van der Waals surface area contributed by atoms with Crippen LogP contribution in [0.1, 0.15) is 10.4 Å². The fourth-order valence-corrected chi connectivity index (χ4v) is 1.97. The maximum absolute atomic E-state index is 11.4. The van der Waals surface area contributed by atoms with E-state index in [1.54, 1.807) is 0 Å². The summed E-state index contributed by atoms with van der Waals surface area (Å²) in [5.74, 6) is -0.316. The molecule has 17 heavy (non-hydrogen) atoms. The lowest BCUT2D eigenvalue weighted by Crippen LogP contribution is -2.25. The highest BCUT2D eigenvalue weighted by Crippen LogP contribution is 2.24. The molecule has 0 heterocycles. The second kappa shape index (κ2) is 4.93. The van der Waals surface area contributed by atoms with Gasteiger partial charge in [0.1, 0.15) is 0 Å². The second-order valence-corrected chi connectivity index (χ2v) is 5.89. The van der Waals surface area contributed by atoms with Gasteiger partial charge in [0, 0.05) is 14.1 Å². The van der Waals surface area contributed by atoms with E-state index >= 15 is 0 Å². The average molecular weight is 277 g/mol. The van der Waals surface area contributed by atoms with Crippen molar-refractivity contribution in [2.75, 3.05) is 24.7 Å². The Kier molecular flexibility index (Phi) is 4.00. The number of hydrogen-bond donors (Lipinski definition) is 1. The summed E-state index contributed by atoms with van der Waals surface area (Å²) in [5.41, 5.74) is 0.713. The Morgan fingerprint density at radius 1 is 1.41 bits per heavy atom. The van der Waals surface area contributed by atoms with Gasteiger partial charge in [-0.15, -0.1) is 0 Å². The van der Waals surface area contributed by atoms with E-state index in [4.69, 9.17) is 11.6 Å². The number of carbonyl (C=O) groups is 1. The Hall–Kier alpha value is -1.27. The first kappa shape index (κ1) is 13.8. The lowest BCUT2D eigenvalue weighted by Gasteiger charge is -2.17. The van der Waals surface area contributed by atoms with E-state index in [9.17, 15) is 13.2 Å². The van der Waals surface area contributed by atoms with Gasteiger partial charge in [-0.25, -0.2) is 8.42 Å². The minimum Gasteiger partial charge on any atom is -0.355 e. The van der Waals surface area contributed by atoms with Gasteiger partial charge in [-0.05, 0) is 18.2 Å². The molecular formula is C10H13ClN2O3S. The van der Waals surface area contributed by atoms with Crippen molar-refractivity contribution >= 4 is 33.2 Å². The number of halogens is 1. The van der Waals surface area contributed by atoms with Gasteiger partial charge in [0.25, 0.3) is 5.91 Å². The van der Waals surface area contributed by atoms with Crippen LogP contribution in [0.4, 0.5) is 5.69 Å². The Morgan fingerprint density at radius 2 is 2.00 bits per heavy atom. The fraction of sp³-hybridized carbons (Fsp3) is 0.300. The van der Waals surface area contributed by atoms with Crippen LogP contribution in [0.3, 0.4) is 0 Å². The van der Waals surface area contributed by atoms with Crippen LogP contribution in [0.25, 0.3) is 0 Å². The van der Waals surface area contributed by atoms with Gasteiger partial charge in [0.15, 0.2) is 0 Å². The molecule has 0 saturated carbocycles. The molecule has 0 unspecified atom stereocenters. The van der Waals surface area contributed by atoms with Gasteiger partial charge in [0.05, 0.1) is 22.5 Å². The van der Waals surface area contributed by atoms with E-state index < -0.39 is 10.0 Å². The molecule has 0 aliphatic carbocycles. The molecule has 0 atom stereocenters. The summed E-state index contributed by atoms with van der Waals surface area (Å²) in [7, 11) is -0.425. The molecule has 0 aliphatic heterocycles. The van der Waals surface area contributed by atoms with Gasteiger partial charge in [-0.3, -0.25) is 9.10 Å². The van der Waals surface area contributed by atoms with Gasteiger partial charge in [-0.2, -0.15) is 0 Å². The third-order valence-electron chi connectivity index (χ3n) is 2.29. The molecule has 0 spiro atoms. The number of nitrogens with one attached hydrogen (secondary N) is 1. The van der Waals surface area contributed by atoms with Crippen LogP contribution in [-0.4, -0.2) is 34.7 Å². The minimum atomic E-state index is -3.34. The predicted octanol–water partition coefficient (Wildman–Crippen LogP) is 1.10. The van der Waals surface area contributed by atoms with Gasteiger partial charge < -0.3 is 5.32 Å². The third-order valence-corrected chi connectivity index (χ3v) is 3.80. The van der Waals surface area contributed by atoms with Crippen molar-refractivity contribution in [2.24, 2.45) is 0 Å². The van der Waals surface area contributed by atoms with Crippen LogP contribution in [0.5, 0.6) is 0 Å². The standard InChI is InChI=1S/C10H13ClN2O3S/c1-12-10(14)8-5-4-7(6-9(8)11)13(2)17(3,15)16/h4-6H,1-3H3,(H,12,14). The molecule has 1 aromatic carbocycles. The molecule has 0 saturated heterocycles. The molecule has 0 fully saturated rings. The lowest BCUT2D eigenvalue weighted by molar-refractivity contribution is 0.0963. The molecular weight excluding hydrogens is 264 g/mol. The molecule has 0 aromatic heterocycles. The normalized spacial score (nSPS) is 11.1. The molecule has 0 bridgehead atoms. The SMILES string of the molecule is CNC(=O)c1ccc(N(C)S(C)(=O)=O)cc1Cl. The van der Waals surface area contributed by atoms with Crippen LogP contribution in [0.2, 0.25) is 5.02 Å². The number of rotatable bonds is 3. The Bertz CT molecular complexity index is 542. The summed E-state index contributed by atoms with van der Waals surface area (Å²) < 4.78 is 23.7. The van der Waals surface area contributed by atoms with Crippen molar-refractivity contribution in [2.45, 2.75) is 0 Å². The Morgan fingerprint density at radius 3 is 2.41 bits per heavy atom. The van der Waals surface area contributed by atoms with Crippen LogP contribution < -0.4 is 9.62 Å². The number of carbonyl (C=O) groups excluding carboxylic acids is 1. The first-order valence-corrected chi connectivity index (χ1v) is 6.95. The smallest absolute Gasteiger partial charge is 0.252 e. The topological polar surface area (TPSA) is 66.5 Å². The zero-order valence-electron chi connectivity index (χ0n) is 9.69. The predicted molar refractivity (Wildman–Crippen MR) is 68.1 cm³/mol. The van der Waals surface area contributed by atoms with Gasteiger partial charge in [-0.1, -0.05) is 11.6 Å². The van der Waals surface area contributed by atoms with Crippen molar-refractivity contribution in [3.8, 4) is 0 Å². The largest absolute Gasteiger partial charge is 0.355 e. The Labute approximate surface area is 105 Å². The average Bonchev–Trinajstić information content (AvgIpc) is 2.25. The van der Waals surface area contributed by atoms with E-state index in [1.807, 2.05) is 0 Å². The highest BCUT2D eigenvalue weighted by molar-refractivity contribution is 7.92. The van der Waals surface area contributed by atoms with E-state index in [-0.39, 0.29) is 10.9 Å². The summed E-state index contributed by atoms with van der Waals surface area (Å²) in [6.45, 7) is 0. The van der Waals surface area contributed by atoms with Crippen molar-refractivity contribution < 1.29 is 13.2 Å². The second-order valence-electron chi connectivity index (χ2n) is 3.47. The molecule has 0 radical (unpaired) electrons. The van der Waals surface area contributed by atoms with E-state index in [0.29, 0.717) is 11.3 Å². The fourth-order valence-electron chi connectivity index (χ4n) is 1.21. The van der Waals surface area contributed by atoms with Crippen molar-refractivity contribution in [3.63, 3.8) is 0 Å². The maximum atomic E-state index is 11.4. The van der Waals surface area contributed by atoms with Crippen molar-refractivity contribution in [1.29, 1.82) is 0 Å². The first-order valence-electron chi connectivity index (χ1n) is 4.73. The van der Waals surface area contributed by atoms with E-state index in [0.717, 1.165) is 10.6 Å². The summed E-state index contributed by atoms with van der Waals surface area (Å²) in [5, 5.41) is 2.65. The zero-order chi connectivity index (χ0) is 13.2. The summed E-state index contributed by atoms with van der Waals surface area (Å²) in [4.78, 5) is 11.4. The molecule has 1 rings (SSSR count). The van der Waals surface area contributed by atoms with Crippen LogP contribution in [-0.2, 0) is 10.0 Å². The number of nitrogens with zero attached hydrogens (tertiary/aromatic N) is 1. The Balaban J connectivity index is 3.18. The number of amides is 1. The molecule has 1 N–H and O–H groups in total. The summed E-state index contributed by atoms with van der Waals surface area (Å²) in [6.07, 6.45) is 1.09. The van der Waals surface area contributed by atoms with Gasteiger partial charge >= 0.3 is 0 Å². The van der Waals surface area contributed by atoms with Crippen LogP contribution >= 0.6 is 11.6 Å². The van der Waals surface area contributed by atoms with E-state index in [2.05, 4.69) is 5.32 Å². The quantitative estimate of drug-likeness (QED) is 0.899. The monoisotopic (exact) mass is 276 g/mol. The molecule has 7 heteroatoms. The number of anilines is 1.